The van der Waals surface area contributed by atoms with Gasteiger partial charge in [-0.1, -0.05) is 18.2 Å². The summed E-state index contributed by atoms with van der Waals surface area (Å²) in [6.07, 6.45) is 2.70. The molecule has 6 heteroatoms. The fourth-order valence-corrected chi connectivity index (χ4v) is 4.17. The number of nitrogens with one attached hydrogen (secondary N) is 2. The average molecular weight is 388 g/mol. The lowest BCUT2D eigenvalue weighted by molar-refractivity contribution is 0.0928. The third-order valence-corrected chi connectivity index (χ3v) is 5.61. The summed E-state index contributed by atoms with van der Waals surface area (Å²) in [6, 6.07) is 14.5. The number of para-hydroxylation sites is 1. The second-order valence-electron chi connectivity index (χ2n) is 7.33. The van der Waals surface area contributed by atoms with Crippen LogP contribution >= 0.6 is 0 Å². The summed E-state index contributed by atoms with van der Waals surface area (Å²) >= 11 is 0. The Bertz CT molecular complexity index is 1300. The van der Waals surface area contributed by atoms with Crippen LogP contribution in [0.2, 0.25) is 0 Å². The number of H-pyrrole nitrogens is 1. The van der Waals surface area contributed by atoms with Gasteiger partial charge >= 0.3 is 5.63 Å². The van der Waals surface area contributed by atoms with E-state index in [-0.39, 0.29) is 11.6 Å². The molecule has 1 aliphatic carbocycles. The molecule has 2 aromatic carbocycles. The van der Waals surface area contributed by atoms with Gasteiger partial charge in [-0.2, -0.15) is 0 Å². The van der Waals surface area contributed by atoms with Crippen molar-refractivity contribution in [2.75, 3.05) is 7.11 Å². The maximum atomic E-state index is 12.9. The molecule has 0 fully saturated rings. The van der Waals surface area contributed by atoms with Gasteiger partial charge in [-0.3, -0.25) is 4.79 Å². The second-order valence-corrected chi connectivity index (χ2v) is 7.33. The zero-order chi connectivity index (χ0) is 20.0. The van der Waals surface area contributed by atoms with Crippen molar-refractivity contribution in [2.45, 2.75) is 25.3 Å². The highest BCUT2D eigenvalue weighted by molar-refractivity contribution is 5.97. The predicted octanol–water partition coefficient (Wildman–Crippen LogP) is 4.09. The Morgan fingerprint density at radius 1 is 1.21 bits per heavy atom. The summed E-state index contributed by atoms with van der Waals surface area (Å²) in [5.41, 5.74) is 3.08. The van der Waals surface area contributed by atoms with Gasteiger partial charge in [0, 0.05) is 22.0 Å². The predicted molar refractivity (Wildman–Crippen MR) is 110 cm³/mol. The van der Waals surface area contributed by atoms with Gasteiger partial charge in [0.1, 0.15) is 16.9 Å². The van der Waals surface area contributed by atoms with Gasteiger partial charge in [0.15, 0.2) is 0 Å². The maximum absolute atomic E-state index is 12.9. The Morgan fingerprint density at radius 2 is 2.07 bits per heavy atom. The van der Waals surface area contributed by atoms with Gasteiger partial charge in [-0.05, 0) is 55.2 Å². The first-order chi connectivity index (χ1) is 14.1. The Balaban J connectivity index is 1.50. The molecule has 1 atom stereocenters. The molecule has 1 amide bonds. The van der Waals surface area contributed by atoms with E-state index < -0.39 is 11.5 Å². The second kappa shape index (κ2) is 6.81. The van der Waals surface area contributed by atoms with E-state index in [0.29, 0.717) is 5.58 Å². The van der Waals surface area contributed by atoms with E-state index >= 15 is 0 Å². The van der Waals surface area contributed by atoms with Gasteiger partial charge < -0.3 is 19.5 Å². The van der Waals surface area contributed by atoms with E-state index in [1.54, 1.807) is 25.3 Å². The van der Waals surface area contributed by atoms with E-state index in [1.807, 2.05) is 30.3 Å². The number of amides is 1. The number of hydrogen-bond acceptors (Lipinski definition) is 4. The molecule has 4 aromatic rings. The molecule has 2 heterocycles. The van der Waals surface area contributed by atoms with Crippen molar-refractivity contribution in [3.05, 3.63) is 75.8 Å². The van der Waals surface area contributed by atoms with E-state index in [0.717, 1.165) is 47.0 Å². The van der Waals surface area contributed by atoms with Crippen LogP contribution in [0.4, 0.5) is 0 Å². The Hall–Kier alpha value is -3.54. The summed E-state index contributed by atoms with van der Waals surface area (Å²) in [5.74, 6) is 0.387. The lowest BCUT2D eigenvalue weighted by Gasteiger charge is -2.23. The van der Waals surface area contributed by atoms with Crippen molar-refractivity contribution >= 4 is 27.8 Å². The molecule has 29 heavy (non-hydrogen) atoms. The number of carbonyl (C=O) groups excluding carboxylic acids is 1. The molecule has 0 saturated carbocycles. The Kier molecular flexibility index (Phi) is 4.12. The molecule has 0 unspecified atom stereocenters. The Labute approximate surface area is 166 Å². The normalized spacial score (nSPS) is 16.0. The van der Waals surface area contributed by atoms with Crippen molar-refractivity contribution in [3.63, 3.8) is 0 Å². The standard InChI is InChI=1S/C23H20N2O4/c1-28-14-9-10-18-16(12-14)15-6-4-7-19(21(15)24-18)25-22(26)17-11-13-5-2-3-8-20(13)29-23(17)27/h2-3,5,8-12,19,24H,4,6-7H2,1H3,(H,25,26)/t19-/m0/s1. The third-order valence-electron chi connectivity index (χ3n) is 5.61. The SMILES string of the molecule is COc1ccc2[nH]c3c(c2c1)CCC[C@@H]3NC(=O)c1cc2ccccc2oc1=O. The molecular weight excluding hydrogens is 368 g/mol. The number of aryl methyl sites for hydroxylation is 1. The van der Waals surface area contributed by atoms with Crippen LogP contribution < -0.4 is 15.7 Å². The van der Waals surface area contributed by atoms with Crippen molar-refractivity contribution in [1.29, 1.82) is 0 Å². The summed E-state index contributed by atoms with van der Waals surface area (Å²) in [7, 11) is 1.65. The Morgan fingerprint density at radius 3 is 2.93 bits per heavy atom. The van der Waals surface area contributed by atoms with Gasteiger partial charge in [0.2, 0.25) is 0 Å². The molecule has 146 valence electrons. The first-order valence-corrected chi connectivity index (χ1v) is 9.66. The zero-order valence-electron chi connectivity index (χ0n) is 16.0. The largest absolute Gasteiger partial charge is 0.497 e. The maximum Gasteiger partial charge on any atom is 0.349 e. The van der Waals surface area contributed by atoms with Crippen LogP contribution in [0.1, 0.15) is 40.5 Å². The minimum absolute atomic E-state index is 0.0219. The van der Waals surface area contributed by atoms with E-state index in [4.69, 9.17) is 9.15 Å². The van der Waals surface area contributed by atoms with Crippen molar-refractivity contribution in [3.8, 4) is 5.75 Å². The first kappa shape index (κ1) is 17.6. The highest BCUT2D eigenvalue weighted by atomic mass is 16.5. The molecule has 2 aromatic heterocycles. The number of carbonyl (C=O) groups is 1. The van der Waals surface area contributed by atoms with Crippen LogP contribution in [0.3, 0.4) is 0 Å². The summed E-state index contributed by atoms with van der Waals surface area (Å²) in [4.78, 5) is 28.7. The number of aromatic amines is 1. The van der Waals surface area contributed by atoms with E-state index in [9.17, 15) is 9.59 Å². The molecule has 0 radical (unpaired) electrons. The smallest absolute Gasteiger partial charge is 0.349 e. The molecule has 5 rings (SSSR count). The lowest BCUT2D eigenvalue weighted by atomic mass is 9.91. The topological polar surface area (TPSA) is 84.3 Å². The number of ether oxygens (including phenoxy) is 1. The average Bonchev–Trinajstić information content (AvgIpc) is 3.12. The van der Waals surface area contributed by atoms with Crippen LogP contribution in [0, 0.1) is 0 Å². The minimum atomic E-state index is -0.626. The molecule has 0 spiro atoms. The number of methoxy groups -OCH3 is 1. The van der Waals surface area contributed by atoms with Gasteiger partial charge in [-0.25, -0.2) is 4.79 Å². The van der Waals surface area contributed by atoms with E-state index in [1.165, 1.54) is 5.56 Å². The van der Waals surface area contributed by atoms with Crippen LogP contribution in [-0.4, -0.2) is 18.0 Å². The summed E-state index contributed by atoms with van der Waals surface area (Å²) < 4.78 is 10.7. The number of fused-ring (bicyclic) bond motifs is 4. The van der Waals surface area contributed by atoms with Crippen molar-refractivity contribution in [1.82, 2.24) is 10.3 Å². The lowest BCUT2D eigenvalue weighted by Crippen LogP contribution is -2.33. The van der Waals surface area contributed by atoms with E-state index in [2.05, 4.69) is 10.3 Å². The highest BCUT2D eigenvalue weighted by Crippen LogP contribution is 2.36. The fourth-order valence-electron chi connectivity index (χ4n) is 4.17. The summed E-state index contributed by atoms with van der Waals surface area (Å²) in [6.45, 7) is 0. The van der Waals surface area contributed by atoms with Gasteiger partial charge in [-0.15, -0.1) is 0 Å². The van der Waals surface area contributed by atoms with Crippen LogP contribution in [0.5, 0.6) is 5.75 Å². The minimum Gasteiger partial charge on any atom is -0.497 e. The number of aromatic nitrogens is 1. The summed E-state index contributed by atoms with van der Waals surface area (Å²) in [5, 5.41) is 4.86. The van der Waals surface area contributed by atoms with Crippen LogP contribution in [0.25, 0.3) is 21.9 Å². The first-order valence-electron chi connectivity index (χ1n) is 9.66. The molecular formula is C23H20N2O4. The van der Waals surface area contributed by atoms with Crippen LogP contribution in [0.15, 0.2) is 57.7 Å². The van der Waals surface area contributed by atoms with Gasteiger partial charge in [0.25, 0.3) is 5.91 Å². The quantitative estimate of drug-likeness (QED) is 0.518. The van der Waals surface area contributed by atoms with Crippen molar-refractivity contribution < 1.29 is 13.9 Å². The van der Waals surface area contributed by atoms with Gasteiger partial charge in [0.05, 0.1) is 13.2 Å². The molecule has 0 saturated heterocycles. The van der Waals surface area contributed by atoms with Crippen LogP contribution in [-0.2, 0) is 6.42 Å². The molecule has 0 bridgehead atoms. The molecule has 1 aliphatic rings. The van der Waals surface area contributed by atoms with Crippen molar-refractivity contribution in [2.24, 2.45) is 0 Å². The third kappa shape index (κ3) is 2.97. The molecule has 2 N–H and O–H groups in total. The molecule has 0 aliphatic heterocycles. The molecule has 6 nitrogen and oxygen atoms in total. The zero-order valence-corrected chi connectivity index (χ0v) is 16.0. The number of rotatable bonds is 3. The number of hydrogen-bond donors (Lipinski definition) is 2. The fraction of sp³-hybridized carbons (Fsp3) is 0.217. The number of benzene rings is 2. The highest BCUT2D eigenvalue weighted by Gasteiger charge is 2.27. The monoisotopic (exact) mass is 388 g/mol.